The summed E-state index contributed by atoms with van der Waals surface area (Å²) in [5, 5.41) is 0. The van der Waals surface area contributed by atoms with E-state index in [1.807, 2.05) is 23.7 Å². The SMILES string of the molecule is CN(C(=O)C1CCSC1)C1CCC(=O)CC1. The Hall–Kier alpha value is -0.510. The highest BCUT2D eigenvalue weighted by Crippen LogP contribution is 2.27. The van der Waals surface area contributed by atoms with E-state index in [4.69, 9.17) is 0 Å². The van der Waals surface area contributed by atoms with Crippen molar-refractivity contribution in [1.82, 2.24) is 4.90 Å². The van der Waals surface area contributed by atoms with Crippen molar-refractivity contribution in [3.05, 3.63) is 0 Å². The molecule has 0 aromatic heterocycles. The Kier molecular flexibility index (Phi) is 3.90. The van der Waals surface area contributed by atoms with Crippen LogP contribution in [0.15, 0.2) is 0 Å². The van der Waals surface area contributed by atoms with Crippen molar-refractivity contribution < 1.29 is 9.59 Å². The lowest BCUT2D eigenvalue weighted by Gasteiger charge is -2.32. The average molecular weight is 241 g/mol. The predicted octanol–water partition coefficient (Wildman–Crippen LogP) is 1.71. The number of Topliss-reactive ketones (excluding diaryl/α,β-unsaturated/α-hetero) is 1. The van der Waals surface area contributed by atoms with E-state index in [1.54, 1.807) is 0 Å². The normalized spacial score (nSPS) is 27.1. The minimum Gasteiger partial charge on any atom is -0.342 e. The van der Waals surface area contributed by atoms with Crippen LogP contribution in [0.3, 0.4) is 0 Å². The molecule has 1 aliphatic carbocycles. The van der Waals surface area contributed by atoms with Crippen LogP contribution in [0.25, 0.3) is 0 Å². The summed E-state index contributed by atoms with van der Waals surface area (Å²) in [6.45, 7) is 0. The van der Waals surface area contributed by atoms with Crippen LogP contribution in [0.5, 0.6) is 0 Å². The highest BCUT2D eigenvalue weighted by atomic mass is 32.2. The van der Waals surface area contributed by atoms with E-state index in [1.165, 1.54) is 0 Å². The molecule has 2 aliphatic rings. The Morgan fingerprint density at radius 2 is 2.00 bits per heavy atom. The van der Waals surface area contributed by atoms with Gasteiger partial charge in [-0.05, 0) is 25.0 Å². The van der Waals surface area contributed by atoms with E-state index >= 15 is 0 Å². The molecule has 3 nitrogen and oxygen atoms in total. The maximum atomic E-state index is 12.2. The van der Waals surface area contributed by atoms with Crippen molar-refractivity contribution in [2.45, 2.75) is 38.1 Å². The second-order valence-electron chi connectivity index (χ2n) is 4.78. The van der Waals surface area contributed by atoms with Gasteiger partial charge in [-0.2, -0.15) is 11.8 Å². The number of carbonyl (C=O) groups is 2. The predicted molar refractivity (Wildman–Crippen MR) is 65.5 cm³/mol. The van der Waals surface area contributed by atoms with Gasteiger partial charge in [0.1, 0.15) is 5.78 Å². The lowest BCUT2D eigenvalue weighted by Crippen LogP contribution is -2.42. The number of thioether (sulfide) groups is 1. The Morgan fingerprint density at radius 3 is 2.56 bits per heavy atom. The number of nitrogens with zero attached hydrogens (tertiary/aromatic N) is 1. The van der Waals surface area contributed by atoms with Gasteiger partial charge in [-0.1, -0.05) is 0 Å². The molecule has 0 bridgehead atoms. The van der Waals surface area contributed by atoms with E-state index in [0.717, 1.165) is 30.8 Å². The molecule has 90 valence electrons. The molecular formula is C12H19NO2S. The highest BCUT2D eigenvalue weighted by Gasteiger charge is 2.31. The molecule has 1 heterocycles. The van der Waals surface area contributed by atoms with Gasteiger partial charge in [0.2, 0.25) is 5.91 Å². The minimum atomic E-state index is 0.229. The second-order valence-corrected chi connectivity index (χ2v) is 5.93. The molecule has 2 fully saturated rings. The van der Waals surface area contributed by atoms with Gasteiger partial charge in [0.25, 0.3) is 0 Å². The third-order valence-electron chi connectivity index (χ3n) is 3.69. The molecule has 0 aromatic rings. The molecule has 1 aliphatic heterocycles. The van der Waals surface area contributed by atoms with Crippen molar-refractivity contribution >= 4 is 23.5 Å². The van der Waals surface area contributed by atoms with Crippen molar-refractivity contribution in [1.29, 1.82) is 0 Å². The molecule has 1 saturated carbocycles. The summed E-state index contributed by atoms with van der Waals surface area (Å²) in [7, 11) is 1.91. The zero-order valence-corrected chi connectivity index (χ0v) is 10.6. The van der Waals surface area contributed by atoms with Crippen LogP contribution >= 0.6 is 11.8 Å². The van der Waals surface area contributed by atoms with E-state index < -0.39 is 0 Å². The molecule has 0 N–H and O–H groups in total. The van der Waals surface area contributed by atoms with E-state index in [9.17, 15) is 9.59 Å². The maximum absolute atomic E-state index is 12.2. The van der Waals surface area contributed by atoms with Crippen LogP contribution < -0.4 is 0 Å². The number of hydrogen-bond donors (Lipinski definition) is 0. The summed E-state index contributed by atoms with van der Waals surface area (Å²) in [4.78, 5) is 25.2. The summed E-state index contributed by atoms with van der Waals surface area (Å²) in [6.07, 6.45) is 4.06. The van der Waals surface area contributed by atoms with Gasteiger partial charge in [0.05, 0.1) is 0 Å². The fourth-order valence-corrected chi connectivity index (χ4v) is 3.72. The minimum absolute atomic E-state index is 0.229. The zero-order valence-electron chi connectivity index (χ0n) is 9.78. The molecule has 0 aromatic carbocycles. The van der Waals surface area contributed by atoms with Crippen molar-refractivity contribution in [2.24, 2.45) is 5.92 Å². The number of ketones is 1. The molecule has 1 amide bonds. The Morgan fingerprint density at radius 1 is 1.31 bits per heavy atom. The smallest absolute Gasteiger partial charge is 0.226 e. The quantitative estimate of drug-likeness (QED) is 0.738. The fourth-order valence-electron chi connectivity index (χ4n) is 2.51. The van der Waals surface area contributed by atoms with E-state index in [0.29, 0.717) is 30.6 Å². The first kappa shape index (κ1) is 12.0. The molecule has 4 heteroatoms. The van der Waals surface area contributed by atoms with Crippen molar-refractivity contribution in [3.8, 4) is 0 Å². The summed E-state index contributed by atoms with van der Waals surface area (Å²) >= 11 is 1.87. The molecule has 1 unspecified atom stereocenters. The lowest BCUT2D eigenvalue weighted by atomic mass is 9.92. The zero-order chi connectivity index (χ0) is 11.5. The standard InChI is InChI=1S/C12H19NO2S/c1-13(10-2-4-11(14)5-3-10)12(15)9-6-7-16-8-9/h9-10H,2-8H2,1H3. The molecule has 0 radical (unpaired) electrons. The third kappa shape index (κ3) is 2.59. The maximum Gasteiger partial charge on any atom is 0.226 e. The van der Waals surface area contributed by atoms with Gasteiger partial charge >= 0.3 is 0 Å². The van der Waals surface area contributed by atoms with Crippen molar-refractivity contribution in [2.75, 3.05) is 18.6 Å². The molecule has 2 rings (SSSR count). The molecule has 1 saturated heterocycles. The fraction of sp³-hybridized carbons (Fsp3) is 0.833. The number of rotatable bonds is 2. The summed E-state index contributed by atoms with van der Waals surface area (Å²) in [6, 6.07) is 0.302. The van der Waals surface area contributed by atoms with Gasteiger partial charge in [-0.3, -0.25) is 9.59 Å². The second kappa shape index (κ2) is 5.21. The van der Waals surface area contributed by atoms with Crippen LogP contribution in [0.2, 0.25) is 0 Å². The van der Waals surface area contributed by atoms with Gasteiger partial charge in [0.15, 0.2) is 0 Å². The average Bonchev–Trinajstić information content (AvgIpc) is 2.81. The van der Waals surface area contributed by atoms with E-state index in [-0.39, 0.29) is 5.92 Å². The third-order valence-corrected chi connectivity index (χ3v) is 4.85. The summed E-state index contributed by atoms with van der Waals surface area (Å²) in [5.41, 5.74) is 0. The Bertz CT molecular complexity index is 277. The van der Waals surface area contributed by atoms with Crippen LogP contribution in [-0.2, 0) is 9.59 Å². The monoisotopic (exact) mass is 241 g/mol. The Labute approximate surface area is 101 Å². The Balaban J connectivity index is 1.88. The van der Waals surface area contributed by atoms with Gasteiger partial charge in [-0.25, -0.2) is 0 Å². The van der Waals surface area contributed by atoms with Crippen LogP contribution in [0.4, 0.5) is 0 Å². The largest absolute Gasteiger partial charge is 0.342 e. The van der Waals surface area contributed by atoms with Gasteiger partial charge in [0, 0.05) is 37.6 Å². The molecular weight excluding hydrogens is 222 g/mol. The first-order valence-electron chi connectivity index (χ1n) is 6.04. The topological polar surface area (TPSA) is 37.4 Å². The van der Waals surface area contributed by atoms with Crippen molar-refractivity contribution in [3.63, 3.8) is 0 Å². The summed E-state index contributed by atoms with van der Waals surface area (Å²) < 4.78 is 0. The van der Waals surface area contributed by atoms with Gasteiger partial charge in [-0.15, -0.1) is 0 Å². The lowest BCUT2D eigenvalue weighted by molar-refractivity contribution is -0.137. The first-order chi connectivity index (χ1) is 7.68. The molecule has 1 atom stereocenters. The van der Waals surface area contributed by atoms with Gasteiger partial charge < -0.3 is 4.90 Å². The summed E-state index contributed by atoms with van der Waals surface area (Å²) in [5.74, 6) is 2.98. The number of hydrogen-bond acceptors (Lipinski definition) is 3. The number of carbonyl (C=O) groups excluding carboxylic acids is 2. The molecule has 0 spiro atoms. The molecule has 16 heavy (non-hydrogen) atoms. The van der Waals surface area contributed by atoms with E-state index in [2.05, 4.69) is 0 Å². The van der Waals surface area contributed by atoms with Crippen LogP contribution in [0, 0.1) is 5.92 Å². The number of amides is 1. The van der Waals surface area contributed by atoms with Crippen LogP contribution in [0.1, 0.15) is 32.1 Å². The van der Waals surface area contributed by atoms with Crippen LogP contribution in [-0.4, -0.2) is 41.2 Å². The highest BCUT2D eigenvalue weighted by molar-refractivity contribution is 7.99. The first-order valence-corrected chi connectivity index (χ1v) is 7.20.